The largest absolute Gasteiger partial charge is 0.380 e. The number of aliphatic hydroxyl groups is 1. The lowest BCUT2D eigenvalue weighted by Crippen LogP contribution is -2.48. The standard InChI is InChI=1S/C34H53N3O2/c1-7-34(8-2,32-22-20-30(37(32)11-5)33(39)35-23-24-36(9-3)10-4)29-19-17-27(26(6)25-29)18-21-31(38)28-15-13-12-14-16-28/h17,19,22,25,28,30-31,38H,7-16,20,23-24H2,1-6H3,(H,35,39). The summed E-state index contributed by atoms with van der Waals surface area (Å²) in [5.41, 5.74) is 4.56. The Balaban J connectivity index is 1.77. The van der Waals surface area contributed by atoms with Crippen molar-refractivity contribution in [2.75, 3.05) is 32.7 Å². The Hall–Kier alpha value is -2.29. The Kier molecular flexibility index (Phi) is 11.9. The second-order valence-corrected chi connectivity index (χ2v) is 11.4. The highest BCUT2D eigenvalue weighted by atomic mass is 16.3. The molecule has 0 radical (unpaired) electrons. The van der Waals surface area contributed by atoms with Crippen molar-refractivity contribution in [2.24, 2.45) is 5.92 Å². The molecule has 1 aromatic rings. The maximum atomic E-state index is 13.3. The van der Waals surface area contributed by atoms with Crippen LogP contribution >= 0.6 is 0 Å². The molecule has 1 amide bonds. The van der Waals surface area contributed by atoms with Crippen LogP contribution in [0.25, 0.3) is 0 Å². The van der Waals surface area contributed by atoms with E-state index in [0.717, 1.165) is 69.4 Å². The molecule has 0 aromatic heterocycles. The summed E-state index contributed by atoms with van der Waals surface area (Å²) in [5, 5.41) is 13.8. The number of likely N-dealkylation sites (N-methyl/N-ethyl adjacent to an activating group) is 2. The molecule has 0 saturated heterocycles. The fraction of sp³-hybridized carbons (Fsp3) is 0.676. The van der Waals surface area contributed by atoms with Gasteiger partial charge in [-0.2, -0.15) is 0 Å². The minimum absolute atomic E-state index is 0.134. The van der Waals surface area contributed by atoms with Crippen molar-refractivity contribution in [3.8, 4) is 11.8 Å². The van der Waals surface area contributed by atoms with Crippen LogP contribution in [0.1, 0.15) is 103 Å². The number of amides is 1. The molecule has 1 heterocycles. The molecule has 2 N–H and O–H groups in total. The van der Waals surface area contributed by atoms with E-state index >= 15 is 0 Å². The van der Waals surface area contributed by atoms with Crippen molar-refractivity contribution < 1.29 is 9.90 Å². The predicted molar refractivity (Wildman–Crippen MR) is 163 cm³/mol. The van der Waals surface area contributed by atoms with Crippen molar-refractivity contribution in [1.29, 1.82) is 0 Å². The van der Waals surface area contributed by atoms with Crippen molar-refractivity contribution in [1.82, 2.24) is 15.1 Å². The van der Waals surface area contributed by atoms with E-state index in [0.29, 0.717) is 12.5 Å². The Morgan fingerprint density at radius 2 is 1.82 bits per heavy atom. The molecule has 39 heavy (non-hydrogen) atoms. The molecule has 2 unspecified atom stereocenters. The van der Waals surface area contributed by atoms with Crippen LogP contribution in [0.5, 0.6) is 0 Å². The van der Waals surface area contributed by atoms with E-state index in [1.165, 1.54) is 30.5 Å². The summed E-state index contributed by atoms with van der Waals surface area (Å²) in [5.74, 6) is 6.89. The lowest BCUT2D eigenvalue weighted by atomic mass is 9.72. The molecule has 2 atom stereocenters. The van der Waals surface area contributed by atoms with E-state index in [-0.39, 0.29) is 17.4 Å². The number of hydrogen-bond donors (Lipinski definition) is 2. The van der Waals surface area contributed by atoms with Crippen molar-refractivity contribution >= 4 is 5.91 Å². The number of hydrogen-bond acceptors (Lipinski definition) is 4. The van der Waals surface area contributed by atoms with Crippen LogP contribution in [0.3, 0.4) is 0 Å². The highest BCUT2D eigenvalue weighted by Gasteiger charge is 2.42. The molecule has 5 heteroatoms. The normalized spacial score (nSPS) is 19.0. The second-order valence-electron chi connectivity index (χ2n) is 11.4. The van der Waals surface area contributed by atoms with Crippen molar-refractivity contribution in [3.05, 3.63) is 46.7 Å². The van der Waals surface area contributed by atoms with Crippen molar-refractivity contribution in [2.45, 2.75) is 110 Å². The number of nitrogens with one attached hydrogen (secondary N) is 1. The zero-order valence-corrected chi connectivity index (χ0v) is 25.5. The molecule has 3 rings (SSSR count). The molecule has 5 nitrogen and oxygen atoms in total. The molecule has 216 valence electrons. The van der Waals surface area contributed by atoms with Gasteiger partial charge in [-0.25, -0.2) is 0 Å². The topological polar surface area (TPSA) is 55.8 Å². The minimum atomic E-state index is -0.536. The highest BCUT2D eigenvalue weighted by molar-refractivity contribution is 5.83. The van der Waals surface area contributed by atoms with Crippen LogP contribution in [-0.2, 0) is 10.2 Å². The van der Waals surface area contributed by atoms with Crippen LogP contribution in [0.4, 0.5) is 0 Å². The third kappa shape index (κ3) is 7.27. The van der Waals surface area contributed by atoms with Gasteiger partial charge in [0.1, 0.15) is 12.1 Å². The summed E-state index contributed by atoms with van der Waals surface area (Å²) in [6.07, 6.45) is 10.3. The Bertz CT molecular complexity index is 1020. The Labute approximate surface area is 238 Å². The number of aliphatic hydroxyl groups excluding tert-OH is 1. The molecule has 0 spiro atoms. The number of carbonyl (C=O) groups excluding carboxylic acids is 1. The molecule has 1 aliphatic heterocycles. The maximum absolute atomic E-state index is 13.3. The third-order valence-electron chi connectivity index (χ3n) is 9.41. The Morgan fingerprint density at radius 3 is 2.41 bits per heavy atom. The fourth-order valence-electron chi connectivity index (χ4n) is 6.73. The summed E-state index contributed by atoms with van der Waals surface area (Å²) in [7, 11) is 0. The summed E-state index contributed by atoms with van der Waals surface area (Å²) < 4.78 is 0. The lowest BCUT2D eigenvalue weighted by Gasteiger charge is -2.41. The van der Waals surface area contributed by atoms with E-state index in [9.17, 15) is 9.90 Å². The average Bonchev–Trinajstić information content (AvgIpc) is 3.41. The van der Waals surface area contributed by atoms with E-state index in [4.69, 9.17) is 0 Å². The number of allylic oxidation sites excluding steroid dienone is 1. The average molecular weight is 536 g/mol. The van der Waals surface area contributed by atoms with Crippen molar-refractivity contribution in [3.63, 3.8) is 0 Å². The summed E-state index contributed by atoms with van der Waals surface area (Å²) in [6, 6.07) is 6.50. The third-order valence-corrected chi connectivity index (χ3v) is 9.41. The van der Waals surface area contributed by atoms with Gasteiger partial charge in [0, 0.05) is 36.3 Å². The number of nitrogens with zero attached hydrogens (tertiary/aromatic N) is 2. The molecular formula is C34H53N3O2. The summed E-state index contributed by atoms with van der Waals surface area (Å²) in [6.45, 7) is 17.5. The van der Waals surface area contributed by atoms with E-state index < -0.39 is 6.10 Å². The number of benzene rings is 1. The molecule has 0 bridgehead atoms. The quantitative estimate of drug-likeness (QED) is 0.333. The zero-order chi connectivity index (χ0) is 28.4. The molecular weight excluding hydrogens is 482 g/mol. The highest BCUT2D eigenvalue weighted by Crippen LogP contribution is 2.44. The van der Waals surface area contributed by atoms with Crippen LogP contribution in [0.15, 0.2) is 30.0 Å². The van der Waals surface area contributed by atoms with Gasteiger partial charge in [0.2, 0.25) is 5.91 Å². The first-order valence-corrected chi connectivity index (χ1v) is 15.6. The van der Waals surface area contributed by atoms with Gasteiger partial charge >= 0.3 is 0 Å². The predicted octanol–water partition coefficient (Wildman–Crippen LogP) is 5.78. The first kappa shape index (κ1) is 31.2. The van der Waals surface area contributed by atoms with Crippen LogP contribution in [0, 0.1) is 24.7 Å². The first-order valence-electron chi connectivity index (χ1n) is 15.6. The zero-order valence-electron chi connectivity index (χ0n) is 25.5. The van der Waals surface area contributed by atoms with Gasteiger partial charge in [0.05, 0.1) is 0 Å². The molecule has 1 saturated carbocycles. The number of rotatable bonds is 12. The van der Waals surface area contributed by atoms with Gasteiger partial charge in [-0.15, -0.1) is 0 Å². The second kappa shape index (κ2) is 14.9. The van der Waals surface area contributed by atoms with E-state index in [2.05, 4.69) is 92.8 Å². The van der Waals surface area contributed by atoms with Gasteiger partial charge in [-0.3, -0.25) is 4.79 Å². The SMILES string of the molecule is CCN(CC)CCNC(=O)C1CC=C(C(CC)(CC)c2ccc(C#CC(O)C3CCCCC3)c(C)c2)N1CC. The summed E-state index contributed by atoms with van der Waals surface area (Å²) >= 11 is 0. The maximum Gasteiger partial charge on any atom is 0.243 e. The van der Waals surface area contributed by atoms with Crippen LogP contribution in [-0.4, -0.2) is 65.7 Å². The molecule has 1 aliphatic carbocycles. The molecule has 2 aliphatic rings. The van der Waals surface area contributed by atoms with Gasteiger partial charge in [0.25, 0.3) is 0 Å². The van der Waals surface area contributed by atoms with Gasteiger partial charge in [0.15, 0.2) is 0 Å². The smallest absolute Gasteiger partial charge is 0.243 e. The monoisotopic (exact) mass is 535 g/mol. The number of carbonyl (C=O) groups is 1. The van der Waals surface area contributed by atoms with Gasteiger partial charge in [-0.1, -0.05) is 77.0 Å². The Morgan fingerprint density at radius 1 is 1.13 bits per heavy atom. The van der Waals surface area contributed by atoms with E-state index in [1.807, 2.05) is 0 Å². The minimum Gasteiger partial charge on any atom is -0.380 e. The fourth-order valence-corrected chi connectivity index (χ4v) is 6.73. The summed E-state index contributed by atoms with van der Waals surface area (Å²) in [4.78, 5) is 17.9. The van der Waals surface area contributed by atoms with E-state index in [1.54, 1.807) is 0 Å². The van der Waals surface area contributed by atoms with Crippen LogP contribution in [0.2, 0.25) is 0 Å². The molecule has 1 aromatic carbocycles. The lowest BCUT2D eigenvalue weighted by molar-refractivity contribution is -0.125. The molecule has 1 fully saturated rings. The number of aryl methyl sites for hydroxylation is 1. The first-order chi connectivity index (χ1) is 18.8. The van der Waals surface area contributed by atoms with Gasteiger partial charge < -0.3 is 20.2 Å². The van der Waals surface area contributed by atoms with Gasteiger partial charge in [-0.05, 0) is 82.2 Å². The van der Waals surface area contributed by atoms with Crippen LogP contribution < -0.4 is 5.32 Å².